The van der Waals surface area contributed by atoms with E-state index >= 15 is 0 Å². The van der Waals surface area contributed by atoms with Crippen molar-refractivity contribution in [1.82, 2.24) is 15.0 Å². The predicted molar refractivity (Wildman–Crippen MR) is 166 cm³/mol. The fraction of sp³-hybridized carbons (Fsp3) is 0. The number of fused-ring (bicyclic) bond motifs is 8. The first-order valence-corrected chi connectivity index (χ1v) is 13.5. The van der Waals surface area contributed by atoms with Gasteiger partial charge in [-0.15, -0.1) is 0 Å². The molecule has 0 saturated carbocycles. The fourth-order valence-corrected chi connectivity index (χ4v) is 5.95. The molecule has 3 aromatic heterocycles. The molecule has 8 rings (SSSR count). The predicted octanol–water partition coefficient (Wildman–Crippen LogP) is 9.49. The molecule has 0 aliphatic rings. The monoisotopic (exact) mass is 509 g/mol. The van der Waals surface area contributed by atoms with Crippen LogP contribution < -0.4 is 0 Å². The lowest BCUT2D eigenvalue weighted by atomic mass is 9.89. The summed E-state index contributed by atoms with van der Waals surface area (Å²) in [5, 5.41) is 8.59. The van der Waals surface area contributed by atoms with Crippen LogP contribution in [0.3, 0.4) is 0 Å². The molecule has 0 spiro atoms. The summed E-state index contributed by atoms with van der Waals surface area (Å²) in [6.07, 6.45) is 3.66. The topological polar surface area (TPSA) is 38.7 Å². The van der Waals surface area contributed by atoms with Gasteiger partial charge in [-0.3, -0.25) is 9.97 Å². The van der Waals surface area contributed by atoms with Gasteiger partial charge < -0.3 is 0 Å². The molecule has 3 heterocycles. The van der Waals surface area contributed by atoms with Gasteiger partial charge in [0.05, 0.1) is 22.6 Å². The van der Waals surface area contributed by atoms with Crippen LogP contribution in [0.5, 0.6) is 0 Å². The van der Waals surface area contributed by atoms with Crippen LogP contribution in [0, 0.1) is 0 Å². The molecule has 0 amide bonds. The van der Waals surface area contributed by atoms with E-state index < -0.39 is 0 Å². The summed E-state index contributed by atoms with van der Waals surface area (Å²) >= 11 is 0. The molecule has 0 bridgehead atoms. The van der Waals surface area contributed by atoms with E-state index in [2.05, 4.69) is 119 Å². The zero-order chi connectivity index (χ0) is 26.5. The van der Waals surface area contributed by atoms with Crippen molar-refractivity contribution >= 4 is 43.2 Å². The minimum absolute atomic E-state index is 0.857. The van der Waals surface area contributed by atoms with Crippen molar-refractivity contribution in [3.05, 3.63) is 140 Å². The second kappa shape index (κ2) is 9.11. The quantitative estimate of drug-likeness (QED) is 0.223. The lowest BCUT2D eigenvalue weighted by Gasteiger charge is -2.16. The van der Waals surface area contributed by atoms with Gasteiger partial charge in [0.1, 0.15) is 0 Å². The summed E-state index contributed by atoms with van der Waals surface area (Å²) in [5.41, 5.74) is 7.01. The van der Waals surface area contributed by atoms with Crippen LogP contribution >= 0.6 is 0 Å². The van der Waals surface area contributed by atoms with Gasteiger partial charge in [0.25, 0.3) is 0 Å². The molecule has 186 valence electrons. The molecule has 0 unspecified atom stereocenters. The van der Waals surface area contributed by atoms with Crippen molar-refractivity contribution in [2.24, 2.45) is 0 Å². The van der Waals surface area contributed by atoms with E-state index in [0.29, 0.717) is 0 Å². The number of hydrogen-bond acceptors (Lipinski definition) is 3. The summed E-state index contributed by atoms with van der Waals surface area (Å²) in [6.45, 7) is 0. The maximum Gasteiger partial charge on any atom is 0.0892 e. The second-order valence-electron chi connectivity index (χ2n) is 10.0. The van der Waals surface area contributed by atoms with E-state index in [4.69, 9.17) is 4.98 Å². The second-order valence-corrected chi connectivity index (χ2v) is 10.0. The van der Waals surface area contributed by atoms with Crippen LogP contribution in [-0.2, 0) is 0 Å². The Labute approximate surface area is 231 Å². The molecule has 0 atom stereocenters. The number of rotatable bonds is 3. The Bertz CT molecular complexity index is 2220. The lowest BCUT2D eigenvalue weighted by Crippen LogP contribution is -1.93. The first kappa shape index (κ1) is 22.6. The molecule has 40 heavy (non-hydrogen) atoms. The highest BCUT2D eigenvalue weighted by atomic mass is 14.8. The number of benzene rings is 5. The van der Waals surface area contributed by atoms with Gasteiger partial charge in [0.15, 0.2) is 0 Å². The van der Waals surface area contributed by atoms with E-state index in [1.807, 2.05) is 24.4 Å². The molecule has 0 N–H and O–H groups in total. The molecule has 3 nitrogen and oxygen atoms in total. The standard InChI is InChI=1S/C37H23N3/c1-3-14-29-27(12-1)28-13-2-4-15-30(28)36-35(29)31-16-5-6-17-32(31)40-37(36)26-11-9-10-24(22-26)25-19-21-39-34(23-25)33-18-7-8-20-38-33/h1-23H. The highest BCUT2D eigenvalue weighted by Gasteiger charge is 2.17. The van der Waals surface area contributed by atoms with Crippen molar-refractivity contribution in [3.63, 3.8) is 0 Å². The maximum absolute atomic E-state index is 5.31. The molecule has 5 aromatic carbocycles. The normalized spacial score (nSPS) is 11.5. The van der Waals surface area contributed by atoms with Crippen LogP contribution in [0.1, 0.15) is 0 Å². The van der Waals surface area contributed by atoms with E-state index in [-0.39, 0.29) is 0 Å². The molecule has 8 aromatic rings. The van der Waals surface area contributed by atoms with Gasteiger partial charge >= 0.3 is 0 Å². The van der Waals surface area contributed by atoms with Gasteiger partial charge in [-0.2, -0.15) is 0 Å². The SMILES string of the molecule is c1ccc(-c2cc(-c3cccc(-c4nc5ccccc5c5c6ccccc6c6ccccc6c45)c3)ccn2)nc1. The average molecular weight is 510 g/mol. The summed E-state index contributed by atoms with van der Waals surface area (Å²) in [6, 6.07) is 44.7. The van der Waals surface area contributed by atoms with Gasteiger partial charge in [-0.05, 0) is 69.1 Å². The van der Waals surface area contributed by atoms with Crippen molar-refractivity contribution in [2.75, 3.05) is 0 Å². The molecule has 0 saturated heterocycles. The van der Waals surface area contributed by atoms with E-state index in [1.54, 1.807) is 6.20 Å². The van der Waals surface area contributed by atoms with Crippen LogP contribution in [0.4, 0.5) is 0 Å². The minimum atomic E-state index is 0.857. The molecule has 0 aliphatic heterocycles. The summed E-state index contributed by atoms with van der Waals surface area (Å²) < 4.78 is 0. The Morgan fingerprint density at radius 3 is 1.77 bits per heavy atom. The van der Waals surface area contributed by atoms with E-state index in [9.17, 15) is 0 Å². The zero-order valence-corrected chi connectivity index (χ0v) is 21.6. The number of aromatic nitrogens is 3. The first-order valence-electron chi connectivity index (χ1n) is 13.5. The third-order valence-corrected chi connectivity index (χ3v) is 7.73. The molecule has 0 fully saturated rings. The molecule has 3 heteroatoms. The van der Waals surface area contributed by atoms with Crippen molar-refractivity contribution in [2.45, 2.75) is 0 Å². The highest BCUT2D eigenvalue weighted by Crippen LogP contribution is 2.43. The van der Waals surface area contributed by atoms with Crippen molar-refractivity contribution in [3.8, 4) is 33.8 Å². The smallest absolute Gasteiger partial charge is 0.0892 e. The number of hydrogen-bond donors (Lipinski definition) is 0. The van der Waals surface area contributed by atoms with E-state index in [1.165, 1.54) is 37.7 Å². The summed E-state index contributed by atoms with van der Waals surface area (Å²) in [5.74, 6) is 0. The van der Waals surface area contributed by atoms with Crippen LogP contribution in [0.25, 0.3) is 77.0 Å². The Morgan fingerprint density at radius 2 is 1.00 bits per heavy atom. The number of pyridine rings is 3. The Hall–Kier alpha value is -5.41. The first-order chi connectivity index (χ1) is 19.8. The van der Waals surface area contributed by atoms with Gasteiger partial charge in [-0.1, -0.05) is 91.0 Å². The highest BCUT2D eigenvalue weighted by molar-refractivity contribution is 6.33. The maximum atomic E-state index is 5.31. The van der Waals surface area contributed by atoms with Crippen LogP contribution in [-0.4, -0.2) is 15.0 Å². The largest absolute Gasteiger partial charge is 0.255 e. The molecule has 0 aliphatic carbocycles. The molecular weight excluding hydrogens is 486 g/mol. The Balaban J connectivity index is 1.43. The number of nitrogens with zero attached hydrogens (tertiary/aromatic N) is 3. The van der Waals surface area contributed by atoms with Crippen LogP contribution in [0.2, 0.25) is 0 Å². The van der Waals surface area contributed by atoms with Crippen molar-refractivity contribution < 1.29 is 0 Å². The molecule has 0 radical (unpaired) electrons. The molecular formula is C37H23N3. The summed E-state index contributed by atoms with van der Waals surface area (Å²) in [4.78, 5) is 14.4. The average Bonchev–Trinajstić information content (AvgIpc) is 3.05. The van der Waals surface area contributed by atoms with Crippen LogP contribution in [0.15, 0.2) is 140 Å². The van der Waals surface area contributed by atoms with E-state index in [0.717, 1.165) is 39.3 Å². The Morgan fingerprint density at radius 1 is 0.375 bits per heavy atom. The zero-order valence-electron chi connectivity index (χ0n) is 21.6. The number of para-hydroxylation sites is 1. The van der Waals surface area contributed by atoms with Gasteiger partial charge in [-0.25, -0.2) is 4.98 Å². The van der Waals surface area contributed by atoms with Gasteiger partial charge in [0, 0.05) is 34.1 Å². The minimum Gasteiger partial charge on any atom is -0.255 e. The third-order valence-electron chi connectivity index (χ3n) is 7.73. The van der Waals surface area contributed by atoms with Crippen molar-refractivity contribution in [1.29, 1.82) is 0 Å². The fourth-order valence-electron chi connectivity index (χ4n) is 5.95. The third kappa shape index (κ3) is 3.56. The lowest BCUT2D eigenvalue weighted by molar-refractivity contribution is 1.25. The van der Waals surface area contributed by atoms with Gasteiger partial charge in [0.2, 0.25) is 0 Å². The Kier molecular flexibility index (Phi) is 5.14. The summed E-state index contributed by atoms with van der Waals surface area (Å²) in [7, 11) is 0.